The van der Waals surface area contributed by atoms with Gasteiger partial charge in [-0.3, -0.25) is 16.0 Å². The van der Waals surface area contributed by atoms with Gasteiger partial charge in [-0.2, -0.15) is 4.41 Å². The Morgan fingerprint density at radius 2 is 2.36 bits per heavy atom. The van der Waals surface area contributed by atoms with Crippen LogP contribution in [-0.2, 0) is 6.54 Å². The highest BCUT2D eigenvalue weighted by Gasteiger charge is 2.23. The fourth-order valence-electron chi connectivity index (χ4n) is 1.28. The van der Waals surface area contributed by atoms with Crippen LogP contribution in [0.1, 0.15) is 5.56 Å². The van der Waals surface area contributed by atoms with Gasteiger partial charge in [-0.1, -0.05) is 0 Å². The molecule has 0 aromatic heterocycles. The Hall–Kier alpha value is -0.630. The van der Waals surface area contributed by atoms with Crippen LogP contribution in [0.15, 0.2) is 21.5 Å². The fraction of sp³-hybridized carbons (Fsp3) is 0.143. The van der Waals surface area contributed by atoms with E-state index >= 15 is 0 Å². The lowest BCUT2D eigenvalue weighted by molar-refractivity contribution is -0.385. The molecule has 1 aliphatic rings. The number of benzene rings is 1. The maximum atomic E-state index is 10.6. The molecule has 1 aromatic carbocycles. The van der Waals surface area contributed by atoms with Crippen LogP contribution in [0.4, 0.5) is 5.69 Å². The molecule has 5 nitrogen and oxygen atoms in total. The van der Waals surface area contributed by atoms with Crippen LogP contribution in [0.5, 0.6) is 0 Å². The highest BCUT2D eigenvalue weighted by molar-refractivity contribution is 9.10. The summed E-state index contributed by atoms with van der Waals surface area (Å²) in [4.78, 5) is 11.1. The first-order valence-corrected chi connectivity index (χ1v) is 5.31. The van der Waals surface area contributed by atoms with E-state index in [9.17, 15) is 10.1 Å². The molecular weight excluding hydrogens is 270 g/mol. The molecule has 0 aliphatic carbocycles. The summed E-state index contributed by atoms with van der Waals surface area (Å²) in [6, 6.07) is 3.05. The predicted octanol–water partition coefficient (Wildman–Crippen LogP) is 2.05. The molecular formula is C7H6BrN3O2S. The molecule has 0 saturated heterocycles. The molecule has 0 saturated carbocycles. The molecule has 1 aliphatic heterocycles. The summed E-state index contributed by atoms with van der Waals surface area (Å²) in [5.74, 6) is 5.59. The van der Waals surface area contributed by atoms with Gasteiger partial charge in [-0.05, 0) is 33.4 Å². The van der Waals surface area contributed by atoms with E-state index in [0.717, 1.165) is 14.9 Å². The Bertz CT molecular complexity index is 412. The van der Waals surface area contributed by atoms with Crippen LogP contribution in [0.25, 0.3) is 0 Å². The molecule has 0 spiro atoms. The fourth-order valence-corrected chi connectivity index (χ4v) is 2.81. The summed E-state index contributed by atoms with van der Waals surface area (Å²) in [6.45, 7) is 0.528. The van der Waals surface area contributed by atoms with Crippen molar-refractivity contribution in [2.45, 2.75) is 11.4 Å². The van der Waals surface area contributed by atoms with Crippen LogP contribution >= 0.6 is 27.9 Å². The Morgan fingerprint density at radius 3 is 3.00 bits per heavy atom. The summed E-state index contributed by atoms with van der Waals surface area (Å²) >= 11 is 4.67. The second-order valence-corrected chi connectivity index (χ2v) is 4.75. The van der Waals surface area contributed by atoms with Gasteiger partial charge in [0.2, 0.25) is 0 Å². The summed E-state index contributed by atoms with van der Waals surface area (Å²) in [5, 5.41) is 10.6. The highest BCUT2D eigenvalue weighted by Crippen LogP contribution is 2.40. The average Bonchev–Trinajstić information content (AvgIpc) is 2.45. The molecule has 0 amide bonds. The summed E-state index contributed by atoms with van der Waals surface area (Å²) < 4.78 is 2.26. The van der Waals surface area contributed by atoms with Crippen LogP contribution in [0.3, 0.4) is 0 Å². The van der Waals surface area contributed by atoms with E-state index in [2.05, 4.69) is 15.9 Å². The lowest BCUT2D eigenvalue weighted by atomic mass is 10.2. The van der Waals surface area contributed by atoms with Crippen LogP contribution in [0.2, 0.25) is 0 Å². The molecule has 2 N–H and O–H groups in total. The molecule has 0 atom stereocenters. The van der Waals surface area contributed by atoms with E-state index in [1.165, 1.54) is 18.0 Å². The normalized spacial score (nSPS) is 15.6. The maximum absolute atomic E-state index is 10.6. The van der Waals surface area contributed by atoms with E-state index in [1.807, 2.05) is 0 Å². The van der Waals surface area contributed by atoms with Crippen molar-refractivity contribution in [1.82, 2.24) is 4.41 Å². The third kappa shape index (κ3) is 1.63. The average molecular weight is 276 g/mol. The standard InChI is InChI=1S/C7H6BrN3O2S/c8-6-2-5(11(12)13)1-4-3-10(9)14-7(4)6/h1-2H,3,9H2. The van der Waals surface area contributed by atoms with Gasteiger partial charge in [-0.15, -0.1) is 0 Å². The molecule has 2 rings (SSSR count). The SMILES string of the molecule is NN1Cc2cc([N+](=O)[O-])cc(Br)c2S1. The summed E-state index contributed by atoms with van der Waals surface area (Å²) in [5.41, 5.74) is 0.977. The smallest absolute Gasteiger partial charge is 0.258 e. The Balaban J connectivity index is 2.51. The minimum Gasteiger partial charge on any atom is -0.258 e. The number of hydrogen-bond acceptors (Lipinski definition) is 5. The highest BCUT2D eigenvalue weighted by atomic mass is 79.9. The molecule has 14 heavy (non-hydrogen) atoms. The zero-order valence-corrected chi connectivity index (χ0v) is 9.34. The molecule has 0 radical (unpaired) electrons. The molecule has 1 aromatic rings. The Labute approximate surface area is 92.6 Å². The zero-order chi connectivity index (χ0) is 10.3. The van der Waals surface area contributed by atoms with Crippen molar-refractivity contribution in [1.29, 1.82) is 0 Å². The lowest BCUT2D eigenvalue weighted by Gasteiger charge is -2.01. The van der Waals surface area contributed by atoms with Crippen molar-refractivity contribution in [3.05, 3.63) is 32.3 Å². The zero-order valence-electron chi connectivity index (χ0n) is 6.94. The predicted molar refractivity (Wildman–Crippen MR) is 56.4 cm³/mol. The second kappa shape index (κ2) is 3.50. The van der Waals surface area contributed by atoms with Gasteiger partial charge in [0, 0.05) is 21.5 Å². The van der Waals surface area contributed by atoms with Gasteiger partial charge in [0.1, 0.15) is 0 Å². The number of nitro benzene ring substituents is 1. The second-order valence-electron chi connectivity index (χ2n) is 2.84. The van der Waals surface area contributed by atoms with E-state index in [4.69, 9.17) is 5.84 Å². The van der Waals surface area contributed by atoms with Gasteiger partial charge in [-0.25, -0.2) is 0 Å². The minimum atomic E-state index is -0.408. The van der Waals surface area contributed by atoms with Gasteiger partial charge in [0.05, 0.1) is 11.5 Å². The van der Waals surface area contributed by atoms with Crippen LogP contribution in [0, 0.1) is 10.1 Å². The Morgan fingerprint density at radius 1 is 1.64 bits per heavy atom. The van der Waals surface area contributed by atoms with Crippen LogP contribution < -0.4 is 5.84 Å². The van der Waals surface area contributed by atoms with E-state index in [0.29, 0.717) is 6.54 Å². The number of hydrogen-bond donors (Lipinski definition) is 1. The van der Waals surface area contributed by atoms with Crippen molar-refractivity contribution in [3.63, 3.8) is 0 Å². The molecule has 7 heteroatoms. The van der Waals surface area contributed by atoms with Crippen molar-refractivity contribution in [2.75, 3.05) is 0 Å². The number of nitro groups is 1. The largest absolute Gasteiger partial charge is 0.270 e. The molecule has 0 bridgehead atoms. The maximum Gasteiger partial charge on any atom is 0.270 e. The topological polar surface area (TPSA) is 72.4 Å². The number of nitrogens with zero attached hydrogens (tertiary/aromatic N) is 2. The van der Waals surface area contributed by atoms with Gasteiger partial charge >= 0.3 is 0 Å². The third-order valence-corrected chi connectivity index (χ3v) is 3.77. The number of non-ortho nitro benzene ring substituents is 1. The number of hydrazine groups is 1. The lowest BCUT2D eigenvalue weighted by Crippen LogP contribution is -2.17. The van der Waals surface area contributed by atoms with Crippen molar-refractivity contribution < 1.29 is 4.92 Å². The van der Waals surface area contributed by atoms with Crippen LogP contribution in [-0.4, -0.2) is 9.34 Å². The van der Waals surface area contributed by atoms with E-state index in [1.54, 1.807) is 10.5 Å². The molecule has 1 heterocycles. The van der Waals surface area contributed by atoms with Gasteiger partial charge < -0.3 is 0 Å². The summed E-state index contributed by atoms with van der Waals surface area (Å²) in [7, 11) is 0. The summed E-state index contributed by atoms with van der Waals surface area (Å²) in [6.07, 6.45) is 0. The minimum absolute atomic E-state index is 0.0894. The molecule has 0 fully saturated rings. The van der Waals surface area contributed by atoms with Gasteiger partial charge in [0.25, 0.3) is 5.69 Å². The number of rotatable bonds is 1. The van der Waals surface area contributed by atoms with Crippen molar-refractivity contribution >= 4 is 33.6 Å². The first-order valence-electron chi connectivity index (χ1n) is 3.75. The van der Waals surface area contributed by atoms with Gasteiger partial charge in [0.15, 0.2) is 0 Å². The van der Waals surface area contributed by atoms with Crippen molar-refractivity contribution in [3.8, 4) is 0 Å². The van der Waals surface area contributed by atoms with E-state index < -0.39 is 4.92 Å². The Kier molecular flexibility index (Phi) is 2.48. The third-order valence-electron chi connectivity index (χ3n) is 1.85. The molecule has 0 unspecified atom stereocenters. The quantitative estimate of drug-likeness (QED) is 0.368. The van der Waals surface area contributed by atoms with Crippen molar-refractivity contribution in [2.24, 2.45) is 5.84 Å². The molecule has 74 valence electrons. The first-order chi connectivity index (χ1) is 6.58. The number of nitrogens with two attached hydrogens (primary N) is 1. The number of halogens is 1. The number of fused-ring (bicyclic) bond motifs is 1. The monoisotopic (exact) mass is 275 g/mol. The first kappa shape index (κ1) is 9.91. The van der Waals surface area contributed by atoms with E-state index in [-0.39, 0.29) is 5.69 Å².